The van der Waals surface area contributed by atoms with Crippen molar-refractivity contribution in [2.45, 2.75) is 25.9 Å². The predicted octanol–water partition coefficient (Wildman–Crippen LogP) is -1.76. The Hall–Kier alpha value is -1.67. The number of rotatable bonds is 4. The molecular formula is C12H23N5O3. The van der Waals surface area contributed by atoms with Crippen molar-refractivity contribution in [1.82, 2.24) is 26.2 Å². The Labute approximate surface area is 118 Å². The summed E-state index contributed by atoms with van der Waals surface area (Å²) in [6, 6.07) is -1.48. The molecule has 0 aromatic rings. The lowest BCUT2D eigenvalue weighted by molar-refractivity contribution is -0.132. The zero-order chi connectivity index (χ0) is 15.1. The van der Waals surface area contributed by atoms with Gasteiger partial charge in [-0.15, -0.1) is 0 Å². The highest BCUT2D eigenvalue weighted by molar-refractivity contribution is 5.97. The molecule has 1 fully saturated rings. The molecule has 8 heteroatoms. The summed E-state index contributed by atoms with van der Waals surface area (Å²) in [5.74, 6) is -0.554. The van der Waals surface area contributed by atoms with Crippen LogP contribution in [0.5, 0.6) is 0 Å². The molecule has 1 aliphatic heterocycles. The number of nitrogens with zero attached hydrogens (tertiary/aromatic N) is 1. The van der Waals surface area contributed by atoms with Crippen molar-refractivity contribution in [3.63, 3.8) is 0 Å². The van der Waals surface area contributed by atoms with E-state index in [0.29, 0.717) is 26.2 Å². The van der Waals surface area contributed by atoms with Crippen LogP contribution in [0.2, 0.25) is 0 Å². The Bertz CT molecular complexity index is 374. The van der Waals surface area contributed by atoms with Gasteiger partial charge in [-0.05, 0) is 13.8 Å². The first-order valence-electron chi connectivity index (χ1n) is 6.78. The molecule has 1 heterocycles. The minimum Gasteiger partial charge on any atom is -0.358 e. The van der Waals surface area contributed by atoms with Crippen molar-refractivity contribution < 1.29 is 14.4 Å². The van der Waals surface area contributed by atoms with Crippen LogP contribution >= 0.6 is 0 Å². The molecule has 4 N–H and O–H groups in total. The fraction of sp³-hybridized carbons (Fsp3) is 0.750. The molecule has 2 atom stereocenters. The summed E-state index contributed by atoms with van der Waals surface area (Å²) in [6.07, 6.45) is 0. The van der Waals surface area contributed by atoms with E-state index in [1.54, 1.807) is 25.8 Å². The fourth-order valence-electron chi connectivity index (χ4n) is 2.17. The predicted molar refractivity (Wildman–Crippen MR) is 74.1 cm³/mol. The van der Waals surface area contributed by atoms with Crippen molar-refractivity contribution in [2.24, 2.45) is 0 Å². The summed E-state index contributed by atoms with van der Waals surface area (Å²) in [4.78, 5) is 37.0. The molecule has 0 spiro atoms. The second kappa shape index (κ2) is 7.81. The molecule has 1 rings (SSSR count). The van der Waals surface area contributed by atoms with E-state index in [0.717, 1.165) is 0 Å². The third kappa shape index (κ3) is 4.17. The molecule has 8 nitrogen and oxygen atoms in total. The normalized spacial score (nSPS) is 20.9. The van der Waals surface area contributed by atoms with Crippen LogP contribution in [0, 0.1) is 0 Å². The molecule has 0 saturated carbocycles. The van der Waals surface area contributed by atoms with Crippen molar-refractivity contribution in [1.29, 1.82) is 0 Å². The summed E-state index contributed by atoms with van der Waals surface area (Å²) in [6.45, 7) is 5.66. The van der Waals surface area contributed by atoms with E-state index in [2.05, 4.69) is 21.3 Å². The van der Waals surface area contributed by atoms with Gasteiger partial charge in [-0.1, -0.05) is 0 Å². The van der Waals surface area contributed by atoms with Gasteiger partial charge in [0.05, 0.1) is 6.04 Å². The summed E-state index contributed by atoms with van der Waals surface area (Å²) in [7, 11) is 1.56. The minimum absolute atomic E-state index is 0.144. The zero-order valence-corrected chi connectivity index (χ0v) is 12.2. The van der Waals surface area contributed by atoms with Crippen LogP contribution in [0.1, 0.15) is 13.8 Å². The average Bonchev–Trinajstić information content (AvgIpc) is 2.45. The molecule has 0 aromatic heterocycles. The van der Waals surface area contributed by atoms with Gasteiger partial charge < -0.3 is 16.0 Å². The molecule has 2 unspecified atom stereocenters. The molecule has 1 aliphatic rings. The quantitative estimate of drug-likeness (QED) is 0.490. The van der Waals surface area contributed by atoms with Crippen LogP contribution in [0.15, 0.2) is 0 Å². The lowest BCUT2D eigenvalue weighted by Crippen LogP contribution is -2.63. The maximum atomic E-state index is 12.0. The first kappa shape index (κ1) is 16.4. The van der Waals surface area contributed by atoms with E-state index < -0.39 is 24.0 Å². The molecule has 0 aromatic carbocycles. The van der Waals surface area contributed by atoms with E-state index in [-0.39, 0.29) is 5.91 Å². The molecule has 0 radical (unpaired) electrons. The number of carbonyl (C=O) groups excluding carboxylic acids is 3. The van der Waals surface area contributed by atoms with Crippen molar-refractivity contribution in [3.8, 4) is 0 Å². The van der Waals surface area contributed by atoms with E-state index >= 15 is 0 Å². The van der Waals surface area contributed by atoms with Crippen LogP contribution in [0.3, 0.4) is 0 Å². The molecule has 1 saturated heterocycles. The van der Waals surface area contributed by atoms with Gasteiger partial charge in [0, 0.05) is 33.2 Å². The summed E-state index contributed by atoms with van der Waals surface area (Å²) in [5.41, 5.74) is 0. The van der Waals surface area contributed by atoms with Crippen LogP contribution < -0.4 is 21.3 Å². The van der Waals surface area contributed by atoms with Gasteiger partial charge in [0.25, 0.3) is 0 Å². The molecular weight excluding hydrogens is 262 g/mol. The third-order valence-electron chi connectivity index (χ3n) is 3.28. The Morgan fingerprint density at radius 1 is 1.40 bits per heavy atom. The first-order valence-corrected chi connectivity index (χ1v) is 6.78. The molecule has 0 bridgehead atoms. The second-order valence-electron chi connectivity index (χ2n) is 4.60. The van der Waals surface area contributed by atoms with Gasteiger partial charge in [-0.3, -0.25) is 19.8 Å². The average molecular weight is 285 g/mol. The van der Waals surface area contributed by atoms with Gasteiger partial charge in [0.1, 0.15) is 6.04 Å². The Morgan fingerprint density at radius 2 is 2.10 bits per heavy atom. The smallest absolute Gasteiger partial charge is 0.321 e. The van der Waals surface area contributed by atoms with Gasteiger partial charge in [-0.25, -0.2) is 4.79 Å². The highest BCUT2D eigenvalue weighted by Gasteiger charge is 2.34. The van der Waals surface area contributed by atoms with Crippen LogP contribution in [0.25, 0.3) is 0 Å². The lowest BCUT2D eigenvalue weighted by Gasteiger charge is -2.38. The molecule has 20 heavy (non-hydrogen) atoms. The summed E-state index contributed by atoms with van der Waals surface area (Å²) in [5, 5.41) is 10.5. The van der Waals surface area contributed by atoms with E-state index in [4.69, 9.17) is 0 Å². The number of imide groups is 1. The topological polar surface area (TPSA) is 103 Å². The van der Waals surface area contributed by atoms with E-state index in [1.165, 1.54) is 0 Å². The van der Waals surface area contributed by atoms with Crippen LogP contribution in [0.4, 0.5) is 4.79 Å². The number of urea groups is 1. The first-order chi connectivity index (χ1) is 9.51. The molecule has 0 aliphatic carbocycles. The Morgan fingerprint density at radius 3 is 2.70 bits per heavy atom. The fourth-order valence-corrected chi connectivity index (χ4v) is 2.17. The highest BCUT2D eigenvalue weighted by Crippen LogP contribution is 2.09. The SMILES string of the molecule is CCNC(=O)NC(=O)C(C)N1CCNCC1C(=O)NC. The summed E-state index contributed by atoms with van der Waals surface area (Å²) >= 11 is 0. The Balaban J connectivity index is 2.67. The van der Waals surface area contributed by atoms with E-state index in [1.807, 2.05) is 0 Å². The number of hydrogen-bond acceptors (Lipinski definition) is 5. The van der Waals surface area contributed by atoms with Crippen molar-refractivity contribution in [3.05, 3.63) is 0 Å². The number of likely N-dealkylation sites (N-methyl/N-ethyl adjacent to an activating group) is 1. The Kier molecular flexibility index (Phi) is 6.40. The van der Waals surface area contributed by atoms with Gasteiger partial charge >= 0.3 is 6.03 Å². The minimum atomic E-state index is -0.554. The van der Waals surface area contributed by atoms with Crippen LogP contribution in [-0.2, 0) is 9.59 Å². The highest BCUT2D eigenvalue weighted by atomic mass is 16.2. The maximum absolute atomic E-state index is 12.0. The zero-order valence-electron chi connectivity index (χ0n) is 12.2. The van der Waals surface area contributed by atoms with Gasteiger partial charge in [0.15, 0.2) is 0 Å². The summed E-state index contributed by atoms with van der Waals surface area (Å²) < 4.78 is 0. The number of hydrogen-bond donors (Lipinski definition) is 4. The number of carbonyl (C=O) groups is 3. The molecule has 114 valence electrons. The second-order valence-corrected chi connectivity index (χ2v) is 4.60. The van der Waals surface area contributed by atoms with Crippen molar-refractivity contribution in [2.75, 3.05) is 33.2 Å². The number of nitrogens with one attached hydrogen (secondary N) is 4. The largest absolute Gasteiger partial charge is 0.358 e. The van der Waals surface area contributed by atoms with Crippen molar-refractivity contribution >= 4 is 17.8 Å². The van der Waals surface area contributed by atoms with Gasteiger partial charge in [-0.2, -0.15) is 0 Å². The standard InChI is InChI=1S/C12H23N5O3/c1-4-15-12(20)16-10(18)8(2)17-6-5-14-7-9(17)11(19)13-3/h8-9,14H,4-7H2,1-3H3,(H,13,19)(H2,15,16,18,20). The van der Waals surface area contributed by atoms with E-state index in [9.17, 15) is 14.4 Å². The van der Waals surface area contributed by atoms with Crippen LogP contribution in [-0.4, -0.2) is 68.1 Å². The maximum Gasteiger partial charge on any atom is 0.321 e. The third-order valence-corrected chi connectivity index (χ3v) is 3.28. The monoisotopic (exact) mass is 285 g/mol. The molecule has 4 amide bonds. The lowest BCUT2D eigenvalue weighted by atomic mass is 10.1. The number of piperazine rings is 1. The number of amides is 4. The van der Waals surface area contributed by atoms with Gasteiger partial charge in [0.2, 0.25) is 11.8 Å².